The van der Waals surface area contributed by atoms with Gasteiger partial charge in [-0.1, -0.05) is 0 Å². The molecular formula is H3BiCeF4Sn. The van der Waals surface area contributed by atoms with Crippen molar-refractivity contribution in [1.82, 2.24) is 0 Å². The first kappa shape index (κ1) is 16.4. The Morgan fingerprint density at radius 2 is 0.857 bits per heavy atom. The summed E-state index contributed by atoms with van der Waals surface area (Å²) in [5.74, 6) is 0. The summed E-state index contributed by atoms with van der Waals surface area (Å²) >= 11 is -7.18. The third kappa shape index (κ3) is 52.2. The number of hydrogen-bond donors (Lipinski definition) is 0. The van der Waals surface area contributed by atoms with E-state index in [2.05, 4.69) is 0 Å². The fourth-order valence-corrected chi connectivity index (χ4v) is 0. The molecule has 0 amide bonds. The molecule has 0 aromatic carbocycles. The normalized spacial score (nSPS) is 8.57. The van der Waals surface area contributed by atoms with Crippen molar-refractivity contribution in [1.29, 1.82) is 0 Å². The Kier molecular flexibility index (Phi) is 16.1. The number of hydrogen-bond acceptors (Lipinski definition) is 0. The zero-order chi connectivity index (χ0) is 4.50. The van der Waals surface area contributed by atoms with Gasteiger partial charge in [-0.3, -0.25) is 0 Å². The van der Waals surface area contributed by atoms with Crippen LogP contribution in [0.3, 0.4) is 0 Å². The Bertz CT molecular complexity index is 27.2. The summed E-state index contributed by atoms with van der Waals surface area (Å²) in [4.78, 5) is 0. The summed E-state index contributed by atoms with van der Waals surface area (Å²) in [7, 11) is 0. The van der Waals surface area contributed by atoms with Crippen molar-refractivity contribution in [3.63, 3.8) is 0 Å². The molecule has 0 radical (unpaired) electrons. The zero-order valence-electron chi connectivity index (χ0n) is 3.22. The fraction of sp³-hybridized carbons (Fsp3) is 0. The molecule has 7 heavy (non-hydrogen) atoms. The van der Waals surface area contributed by atoms with Crippen molar-refractivity contribution in [3.05, 3.63) is 0 Å². The summed E-state index contributed by atoms with van der Waals surface area (Å²) in [5.41, 5.74) is 0. The maximum absolute atomic E-state index is 9.90. The van der Waals surface area contributed by atoms with Crippen LogP contribution in [0.2, 0.25) is 0 Å². The molecule has 0 nitrogen and oxygen atoms in total. The predicted molar refractivity (Wildman–Crippen MR) is 20.1 cm³/mol. The third-order valence-corrected chi connectivity index (χ3v) is 0. The van der Waals surface area contributed by atoms with Gasteiger partial charge in [-0.25, -0.2) is 0 Å². The third-order valence-electron chi connectivity index (χ3n) is 0. The molecule has 0 fully saturated rings. The average Bonchev–Trinajstić information content (AvgIpc) is 0.722. The molecule has 0 saturated heterocycles. The zero-order valence-corrected chi connectivity index (χ0v) is 14.7. The molecule has 0 heterocycles. The van der Waals surface area contributed by atoms with Gasteiger partial charge in [0.1, 0.15) is 0 Å². The molecule has 7 heteroatoms. The Hall–Kier alpha value is 2.78. The van der Waals surface area contributed by atoms with Crippen molar-refractivity contribution < 1.29 is 53.2 Å². The van der Waals surface area contributed by atoms with E-state index in [1.807, 2.05) is 0 Å². The Morgan fingerprint density at radius 3 is 0.857 bits per heavy atom. The van der Waals surface area contributed by atoms with Crippen molar-refractivity contribution in [2.24, 2.45) is 0 Å². The SMILES string of the molecule is [BiH3].[Ce].[F][Sn]([F])([F])[F]. The van der Waals surface area contributed by atoms with Crippen molar-refractivity contribution in [3.8, 4) is 0 Å². The molecule has 0 aliphatic carbocycles. The summed E-state index contributed by atoms with van der Waals surface area (Å²) < 4.78 is 39.6. The minimum absolute atomic E-state index is 0. The molecule has 0 bridgehead atoms. The molecule has 0 aliphatic rings. The van der Waals surface area contributed by atoms with Crippen LogP contribution in [0.4, 0.5) is 11.5 Å². The van der Waals surface area contributed by atoms with Crippen molar-refractivity contribution >= 4 is 46.9 Å². The van der Waals surface area contributed by atoms with Crippen molar-refractivity contribution in [2.75, 3.05) is 0 Å². The minimum atomic E-state index is -7.18. The Labute approximate surface area is 97.9 Å². The molecule has 0 rings (SSSR count). The molecule has 0 spiro atoms. The summed E-state index contributed by atoms with van der Waals surface area (Å²) in [6.07, 6.45) is 0. The van der Waals surface area contributed by atoms with Crippen LogP contribution in [0.15, 0.2) is 0 Å². The first-order chi connectivity index (χ1) is 2.00. The first-order valence-electron chi connectivity index (χ1n) is 0.756. The van der Waals surface area contributed by atoms with E-state index in [0.29, 0.717) is 0 Å². The van der Waals surface area contributed by atoms with E-state index in [1.165, 1.54) is 0 Å². The second-order valence-corrected chi connectivity index (χ2v) is 2.87. The van der Waals surface area contributed by atoms with Crippen LogP contribution in [-0.2, 0) is 0 Å². The fourth-order valence-electron chi connectivity index (χ4n) is 0. The van der Waals surface area contributed by atoms with Crippen LogP contribution in [-0.4, -0.2) is 46.9 Å². The summed E-state index contributed by atoms with van der Waals surface area (Å²) in [6, 6.07) is 0. The van der Waals surface area contributed by atoms with Gasteiger partial charge in [-0.2, -0.15) is 0 Å². The molecule has 0 N–H and O–H groups in total. The molecule has 0 aromatic rings. The summed E-state index contributed by atoms with van der Waals surface area (Å²) in [5, 5.41) is 0. The molecular weight excluding hydrogens is 544 g/mol. The second kappa shape index (κ2) is 6.89. The molecule has 0 aromatic heterocycles. The van der Waals surface area contributed by atoms with Gasteiger partial charge in [-0.05, 0) is 0 Å². The van der Waals surface area contributed by atoms with E-state index in [4.69, 9.17) is 0 Å². The van der Waals surface area contributed by atoms with Crippen LogP contribution < -0.4 is 0 Å². The van der Waals surface area contributed by atoms with Gasteiger partial charge in [0.2, 0.25) is 0 Å². The van der Waals surface area contributed by atoms with Crippen LogP contribution in [0.1, 0.15) is 0 Å². The molecule has 0 unspecified atom stereocenters. The Morgan fingerprint density at radius 1 is 0.857 bits per heavy atom. The van der Waals surface area contributed by atoms with Crippen LogP contribution >= 0.6 is 0 Å². The van der Waals surface area contributed by atoms with Gasteiger partial charge in [0.25, 0.3) is 0 Å². The van der Waals surface area contributed by atoms with E-state index in [-0.39, 0.29) is 68.0 Å². The quantitative estimate of drug-likeness (QED) is 0.299. The monoisotopic (exact) mass is 548 g/mol. The van der Waals surface area contributed by atoms with E-state index < -0.39 is 20.7 Å². The predicted octanol–water partition coefficient (Wildman–Crippen LogP) is 0.116. The topological polar surface area (TPSA) is 0 Å². The van der Waals surface area contributed by atoms with Crippen molar-refractivity contribution in [2.45, 2.75) is 0 Å². The maximum atomic E-state index is 9.90. The van der Waals surface area contributed by atoms with Gasteiger partial charge in [0.15, 0.2) is 0 Å². The van der Waals surface area contributed by atoms with Gasteiger partial charge in [0, 0.05) is 41.7 Å². The van der Waals surface area contributed by atoms with E-state index >= 15 is 0 Å². The standard InChI is InChI=1S/Bi.Ce.4FH.Sn.3H/h;;4*1H;;;;/q;;;;;;+4;;;/p-4. The van der Waals surface area contributed by atoms with Crippen LogP contribution in [0, 0.1) is 41.7 Å². The molecule has 0 atom stereocenters. The van der Waals surface area contributed by atoms with Gasteiger partial charge in [-0.15, -0.1) is 0 Å². The van der Waals surface area contributed by atoms with Gasteiger partial charge in [0.05, 0.1) is 0 Å². The molecule has 0 aliphatic heterocycles. The number of halogens is 4. The van der Waals surface area contributed by atoms with Crippen LogP contribution in [0.25, 0.3) is 0 Å². The summed E-state index contributed by atoms with van der Waals surface area (Å²) in [6.45, 7) is 0. The van der Waals surface area contributed by atoms with Gasteiger partial charge < -0.3 is 0 Å². The average molecular weight is 547 g/mol. The van der Waals surface area contributed by atoms with Crippen LogP contribution in [0.5, 0.6) is 0 Å². The van der Waals surface area contributed by atoms with E-state index in [0.717, 1.165) is 0 Å². The number of rotatable bonds is 0. The second-order valence-electron chi connectivity index (χ2n) is 0.429. The molecule has 44 valence electrons. The van der Waals surface area contributed by atoms with Gasteiger partial charge >= 0.3 is 58.3 Å². The van der Waals surface area contributed by atoms with E-state index in [9.17, 15) is 11.5 Å². The molecule has 0 saturated carbocycles. The Balaban J connectivity index is -0.0000000800. The first-order valence-corrected chi connectivity index (χ1v) is 5.07. The van der Waals surface area contributed by atoms with E-state index in [1.54, 1.807) is 0 Å².